The zero-order valence-electron chi connectivity index (χ0n) is 31.9. The molecule has 0 saturated heterocycles. The van der Waals surface area contributed by atoms with Crippen LogP contribution in [0, 0.1) is 55.4 Å². The van der Waals surface area contributed by atoms with Gasteiger partial charge in [0.15, 0.2) is 7.11 Å². The molecule has 0 aromatic heterocycles. The molecule has 2 heterocycles. The molecule has 0 saturated carbocycles. The molecule has 3 N–H and O–H groups in total. The van der Waals surface area contributed by atoms with Crippen LogP contribution >= 0.6 is 0 Å². The lowest BCUT2D eigenvalue weighted by Crippen LogP contribution is -2.83. The van der Waals surface area contributed by atoms with Crippen molar-refractivity contribution in [2.45, 2.75) is 75.2 Å². The molecule has 0 atom stereocenters. The lowest BCUT2D eigenvalue weighted by Gasteiger charge is -2.26. The fourth-order valence-corrected chi connectivity index (χ4v) is 6.68. The summed E-state index contributed by atoms with van der Waals surface area (Å²) in [6.07, 6.45) is 0.902. The van der Waals surface area contributed by atoms with E-state index < -0.39 is 11.2 Å². The van der Waals surface area contributed by atoms with Gasteiger partial charge < -0.3 is 10.2 Å². The van der Waals surface area contributed by atoms with E-state index in [1.807, 2.05) is 72.7 Å². The second-order valence-electron chi connectivity index (χ2n) is 12.9. The number of nitrogens with one attached hydrogen (secondary N) is 1. The molecule has 2 aliphatic rings. The number of aliphatic imine (C=N–C) groups is 1. The van der Waals surface area contributed by atoms with Crippen LogP contribution in [0.2, 0.25) is 4.24 Å². The second kappa shape index (κ2) is 12.4. The Balaban J connectivity index is -0.00000000283. The van der Waals surface area contributed by atoms with E-state index >= 15 is 0 Å². The molecule has 0 fully saturated rings. The first-order valence-electron chi connectivity index (χ1n) is 17.7. The normalized spacial score (nSPS) is 16.1. The van der Waals surface area contributed by atoms with E-state index in [1.165, 1.54) is 0 Å². The topological polar surface area (TPSA) is 78.4 Å². The van der Waals surface area contributed by atoms with E-state index in [0.29, 0.717) is 64.7 Å². The number of hydrogen-bond donors (Lipinski definition) is 2. The standard InChI is InChI=1S/C41H44N4O2.107H2/c1-10-36-42-34-18-19-45(35-21-24(4)26(6)29(9)38(35)39(34)44-36)41(47)30-15-17-33(25(5)20-30)43-40(46)32-16-14-23(3)28(8)37(32)31-13-11-12-22(2)27(31)7;;;;;;;;;;;;;;;;;;;;;;;;;;;;;;;;;;;;;;;;;;;;;;;;;;;;;;;;;;;;;;;;;;;;;;;;;;;;;;;;;;;;;;;;;;;;;;;;;;;;;;;;;;;/h11-17,20-21H,10,18-19H2,1-9H3,(H,42,44)(H,43,46);107*1H/p+1/i/hD3. The predicted molar refractivity (Wildman–Crippen MR) is 420 cm³/mol. The van der Waals surface area contributed by atoms with Crippen LogP contribution in [0.4, 0.5) is 11.4 Å². The minimum absolute atomic E-state index is 0. The Kier molecular flexibility index (Phi) is 7.51. The third kappa shape index (κ3) is 5.61. The van der Waals surface area contributed by atoms with Crippen molar-refractivity contribution in [2.75, 3.05) is 16.8 Å². The molecule has 0 unspecified atom stereocenters. The van der Waals surface area contributed by atoms with Crippen LogP contribution in [0.5, 0.6) is 0 Å². The Morgan fingerprint density at radius 2 is 1.62 bits per heavy atom. The first-order chi connectivity index (χ1) is 23.6. The first kappa shape index (κ1) is 28.4. The quantitative estimate of drug-likeness (QED) is 0.210. The summed E-state index contributed by atoms with van der Waals surface area (Å²) in [5.74, 6) is -0.221. The second-order valence-corrected chi connectivity index (χ2v) is 12.9. The SMILES string of the molecule is [2H]N(C(=O)c1ccc(C)c(C)c1-c1cccc(C)c1C)c1ccc(C(=O)N2CCC3=C(c4c2cc(C)c(C)c4C)[N+]([2H])([2H])C(CC)=N3)cc1C.[HH].[HH].[HH].[HH].[HH].[HH].[HH].[HH].[HH].[HH].[HH].[HH].[HH].[HH].[HH].[HH].[HH].[HH].[HH].[HH].[HH].[HH].[HH].[HH].[HH].[HH].[HH].[HH].[HH].[HH].[HH].[HH].[HH].[HH].[HH].[HH].[HH].[HH].[HH].[HH].[HH].[HH].[HH].[HH].[HH].[HH].[HH].[HH].[HH].[HH].[HH].[HH].[HH].[HH].[HH].[HH].[HH].[HH].[HH].[HH].[HH].[HH].[HH].[HH].[HH].[HH].[HH].[HH].[HH].[HH].[HH].[HH].[HH].[HH].[HH].[HH].[HH].[HH].[HH].[HH].[HH].[HH].[HH].[HH].[HH].[HH].[HH].[HH].[HH].[HH].[HH].[HH].[HH].[HH].[HH].[HH].[HH].[HH].[HH].[HH].[HH].[HH].[HH].[HH].[HH].[HH].[HH]. The monoisotopic (exact) mass is 844 g/mol. The Morgan fingerprint density at radius 3 is 2.34 bits per heavy atom. The van der Waals surface area contributed by atoms with E-state index in [-0.39, 0.29) is 159 Å². The Bertz CT molecular complexity index is 2310. The van der Waals surface area contributed by atoms with E-state index in [0.717, 1.165) is 60.9 Å². The lowest BCUT2D eigenvalue weighted by molar-refractivity contribution is -0.433. The maximum Gasteiger partial charge on any atom is 0.359 e. The number of quaternary nitrogens is 1. The van der Waals surface area contributed by atoms with Crippen molar-refractivity contribution in [3.05, 3.63) is 121 Å². The van der Waals surface area contributed by atoms with E-state index in [1.54, 1.807) is 29.2 Å². The van der Waals surface area contributed by atoms with Crippen molar-refractivity contribution in [3.63, 3.8) is 0 Å². The van der Waals surface area contributed by atoms with Crippen molar-refractivity contribution in [1.82, 2.24) is 0 Å². The highest BCUT2D eigenvalue weighted by atomic mass is 16.2. The van der Waals surface area contributed by atoms with Crippen LogP contribution < -0.4 is 15.5 Å². The third-order valence-electron chi connectivity index (χ3n) is 10.1. The number of nitrogens with two attached hydrogens (primary N) is 1. The zero-order chi connectivity index (χ0) is 36.4. The molecule has 4 aromatic carbocycles. The van der Waals surface area contributed by atoms with E-state index in [2.05, 4.69) is 19.9 Å². The number of carbonyl (C=O) groups excluding carboxylic acids is 2. The summed E-state index contributed by atoms with van der Waals surface area (Å²) in [6, 6.07) is 16.9. The number of benzene rings is 4. The lowest BCUT2D eigenvalue weighted by atomic mass is 9.88. The zero-order valence-corrected chi connectivity index (χ0v) is 28.9. The van der Waals surface area contributed by atoms with Crippen LogP contribution in [-0.4, -0.2) is 24.2 Å². The molecule has 0 bridgehead atoms. The van der Waals surface area contributed by atoms with Crippen LogP contribution in [0.25, 0.3) is 16.8 Å². The van der Waals surface area contributed by atoms with Gasteiger partial charge in [0.25, 0.3) is 11.8 Å². The molecular formula is C41H259N4O2+. The molecule has 6 rings (SSSR count). The summed E-state index contributed by atoms with van der Waals surface area (Å²) in [5, 5.41) is 0.00783. The number of fused-ring (bicyclic) bond motifs is 2. The molecule has 6 heteroatoms. The van der Waals surface area contributed by atoms with Gasteiger partial charge in [-0.3, -0.25) is 14.9 Å². The van der Waals surface area contributed by atoms with Crippen LogP contribution in [-0.2, 0) is 0 Å². The molecule has 6 nitrogen and oxygen atoms in total. The van der Waals surface area contributed by atoms with Crippen LogP contribution in [0.15, 0.2) is 65.3 Å². The van der Waals surface area contributed by atoms with Crippen molar-refractivity contribution in [2.24, 2.45) is 4.99 Å². The molecule has 0 spiro atoms. The number of rotatable bonds is 5. The van der Waals surface area contributed by atoms with Gasteiger partial charge in [0.2, 0.25) is 5.84 Å². The van der Waals surface area contributed by atoms with Gasteiger partial charge in [-0.25, -0.2) is 0 Å². The summed E-state index contributed by atoms with van der Waals surface area (Å²) in [6.45, 7) is 18.2. The van der Waals surface area contributed by atoms with E-state index in [9.17, 15) is 9.59 Å². The maximum absolute atomic E-state index is 14.4. The van der Waals surface area contributed by atoms with Crippen molar-refractivity contribution < 1.29 is 172 Å². The van der Waals surface area contributed by atoms with Gasteiger partial charge in [-0.2, -0.15) is 4.99 Å². The van der Waals surface area contributed by atoms with Gasteiger partial charge in [-0.15, -0.1) is 0 Å². The molecular weight excluding hydrogens is 580 g/mol. The van der Waals surface area contributed by atoms with Crippen LogP contribution in [0.3, 0.4) is 0 Å². The summed E-state index contributed by atoms with van der Waals surface area (Å²) in [7, 11) is 0. The molecule has 4 aromatic rings. The number of amidine groups is 1. The largest absolute Gasteiger partial charge is 0.359 e. The number of aryl methyl sites for hydroxylation is 4. The smallest absolute Gasteiger partial charge is 0.322 e. The predicted octanol–water partition coefficient (Wildman–Crippen LogP) is 34.5. The number of hydrogen-bond acceptors (Lipinski definition) is 3. The first-order valence-corrected chi connectivity index (χ1v) is 16.4. The van der Waals surface area contributed by atoms with E-state index in [4.69, 9.17) is 9.23 Å². The fourth-order valence-electron chi connectivity index (χ4n) is 6.68. The minimum atomic E-state index is -0.920. The molecule has 0 aliphatic carbocycles. The Hall–Kier alpha value is -4.81. The van der Waals surface area contributed by atoms with Crippen LogP contribution in [0.1, 0.15) is 243 Å². The van der Waals surface area contributed by atoms with Gasteiger partial charge in [0.05, 0.1) is 11.3 Å². The average Bonchev–Trinajstić information content (AvgIpc) is 3.22. The van der Waals surface area contributed by atoms with Gasteiger partial charge >= 0.3 is 2.82 Å². The van der Waals surface area contributed by atoms with Crippen molar-refractivity contribution in [1.29, 1.82) is 0 Å². The van der Waals surface area contributed by atoms with Gasteiger partial charge in [-0.05, 0) is 141 Å². The van der Waals surface area contributed by atoms with Crippen molar-refractivity contribution >= 4 is 34.7 Å². The van der Waals surface area contributed by atoms with Gasteiger partial charge in [0.1, 0.15) is 5.70 Å². The van der Waals surface area contributed by atoms with Crippen molar-refractivity contribution in [3.8, 4) is 11.1 Å². The molecule has 47 heavy (non-hydrogen) atoms. The summed E-state index contributed by atoms with van der Waals surface area (Å²) in [4.78, 5) is 34.9. The van der Waals surface area contributed by atoms with Gasteiger partial charge in [-0.1, -0.05) is 31.2 Å². The fraction of sp³-hybridized carbons (Fsp3) is 0.293. The number of carbonyl (C=O) groups is 2. The minimum Gasteiger partial charge on any atom is -0.322 e. The number of amides is 2. The average molecular weight is 845 g/mol. The highest BCUT2D eigenvalue weighted by Gasteiger charge is 2.34. The van der Waals surface area contributed by atoms with Gasteiger partial charge in [0, 0.05) is 189 Å². The number of anilines is 2. The summed E-state index contributed by atoms with van der Waals surface area (Å²) in [5.41, 5.74) is 13.6. The Labute approximate surface area is 441 Å². The third-order valence-corrected chi connectivity index (χ3v) is 10.1. The highest BCUT2D eigenvalue weighted by molar-refractivity contribution is 6.11. The highest BCUT2D eigenvalue weighted by Crippen LogP contribution is 2.39. The maximum atomic E-state index is 14.4. The molecule has 0 radical (unpaired) electrons. The molecule has 2 amide bonds. The summed E-state index contributed by atoms with van der Waals surface area (Å²) >= 11 is 0. The number of nitrogens with zero attached hydrogens (tertiary/aromatic N) is 2. The molecule has 2 aliphatic heterocycles. The summed E-state index contributed by atoms with van der Waals surface area (Å²) < 4.78 is 27.0. The molecule has 454 valence electrons. The Morgan fingerprint density at radius 1 is 0.872 bits per heavy atom.